The van der Waals surface area contributed by atoms with Gasteiger partial charge in [-0.15, -0.1) is 0 Å². The first-order valence-corrected chi connectivity index (χ1v) is 3.55. The molecule has 0 aromatic rings. The first kappa shape index (κ1) is 11.6. The highest BCUT2D eigenvalue weighted by Crippen LogP contribution is 2.01. The molecule has 0 aromatic heterocycles. The Kier molecular flexibility index (Phi) is 6.00. The van der Waals surface area contributed by atoms with E-state index in [1.54, 1.807) is 0 Å². The highest BCUT2D eigenvalue weighted by Gasteiger charge is 2.15. The largest absolute Gasteiger partial charge is 0.329 e. The molecule has 0 rings (SSSR count). The summed E-state index contributed by atoms with van der Waals surface area (Å²) in [6.45, 7) is -1.09. The van der Waals surface area contributed by atoms with Gasteiger partial charge in [-0.3, -0.25) is 4.90 Å². The summed E-state index contributed by atoms with van der Waals surface area (Å²) in [6.07, 6.45) is -5.18. The van der Waals surface area contributed by atoms with Crippen molar-refractivity contribution in [2.75, 3.05) is 26.2 Å². The minimum Gasteiger partial charge on any atom is -0.329 e. The summed E-state index contributed by atoms with van der Waals surface area (Å²) in [5.41, 5.74) is 5.05. The molecule has 12 heavy (non-hydrogen) atoms. The van der Waals surface area contributed by atoms with Gasteiger partial charge < -0.3 is 5.73 Å². The van der Waals surface area contributed by atoms with E-state index in [0.29, 0.717) is 0 Å². The van der Waals surface area contributed by atoms with Gasteiger partial charge in [0.1, 0.15) is 0 Å². The normalized spacial score (nSPS) is 12.0. The van der Waals surface area contributed by atoms with Crippen molar-refractivity contribution in [2.24, 2.45) is 5.73 Å². The molecule has 2 N–H and O–H groups in total. The molecular weight excluding hydrogens is 176 g/mol. The highest BCUT2D eigenvalue weighted by molar-refractivity contribution is 4.60. The van der Waals surface area contributed by atoms with Crippen LogP contribution < -0.4 is 5.73 Å². The molecule has 0 aliphatic heterocycles. The molecule has 0 spiro atoms. The Hall–Kier alpha value is -0.360. The fourth-order valence-electron chi connectivity index (χ4n) is 0.830. The van der Waals surface area contributed by atoms with Gasteiger partial charge in [0.15, 0.2) is 0 Å². The van der Waals surface area contributed by atoms with Gasteiger partial charge in [0, 0.05) is 13.1 Å². The second-order valence-corrected chi connectivity index (χ2v) is 2.33. The molecule has 0 unspecified atom stereocenters. The Labute approximate surface area is 68.3 Å². The van der Waals surface area contributed by atoms with E-state index >= 15 is 0 Å². The molecule has 0 heterocycles. The maximum atomic E-state index is 11.7. The molecule has 0 aliphatic rings. The molecule has 0 amide bonds. The van der Waals surface area contributed by atoms with Gasteiger partial charge in [0.05, 0.1) is 13.1 Å². The highest BCUT2D eigenvalue weighted by atomic mass is 19.3. The zero-order valence-electron chi connectivity index (χ0n) is 6.52. The number of nitrogens with two attached hydrogens (primary N) is 1. The van der Waals surface area contributed by atoms with Crippen LogP contribution in [0.5, 0.6) is 0 Å². The lowest BCUT2D eigenvalue weighted by Crippen LogP contribution is -2.36. The molecule has 0 radical (unpaired) electrons. The average Bonchev–Trinajstić information content (AvgIpc) is 1.84. The topological polar surface area (TPSA) is 29.3 Å². The quantitative estimate of drug-likeness (QED) is 0.624. The van der Waals surface area contributed by atoms with E-state index in [0.717, 1.165) is 4.90 Å². The first-order chi connectivity index (χ1) is 5.56. The minimum atomic E-state index is -2.59. The Balaban J connectivity index is 3.69. The van der Waals surface area contributed by atoms with Crippen molar-refractivity contribution in [3.05, 3.63) is 0 Å². The Morgan fingerprint density at radius 3 is 1.67 bits per heavy atom. The van der Waals surface area contributed by atoms with Gasteiger partial charge in [-0.1, -0.05) is 0 Å². The van der Waals surface area contributed by atoms with Crippen LogP contribution in [0.4, 0.5) is 17.6 Å². The van der Waals surface area contributed by atoms with Crippen LogP contribution in [0.25, 0.3) is 0 Å². The third-order valence-corrected chi connectivity index (χ3v) is 1.24. The third kappa shape index (κ3) is 6.36. The first-order valence-electron chi connectivity index (χ1n) is 3.55. The summed E-state index contributed by atoms with van der Waals surface area (Å²) in [5, 5.41) is 0. The summed E-state index contributed by atoms with van der Waals surface area (Å²) >= 11 is 0. The number of nitrogens with zero attached hydrogens (tertiary/aromatic N) is 1. The molecule has 0 atom stereocenters. The summed E-state index contributed by atoms with van der Waals surface area (Å²) < 4.78 is 46.9. The number of rotatable bonds is 6. The van der Waals surface area contributed by atoms with Crippen LogP contribution in [0.15, 0.2) is 0 Å². The zero-order valence-corrected chi connectivity index (χ0v) is 6.52. The third-order valence-electron chi connectivity index (χ3n) is 1.24. The van der Waals surface area contributed by atoms with Crippen molar-refractivity contribution in [3.63, 3.8) is 0 Å². The summed E-state index contributed by atoms with van der Waals surface area (Å²) in [5.74, 6) is 0. The maximum Gasteiger partial charge on any atom is 0.251 e. The van der Waals surface area contributed by atoms with Crippen LogP contribution >= 0.6 is 0 Å². The van der Waals surface area contributed by atoms with E-state index in [-0.39, 0.29) is 13.1 Å². The standard InChI is InChI=1S/C6H12F4N2/c7-5(8)3-12(2-1-11)4-6(9)10/h5-6H,1-4,11H2. The fourth-order valence-corrected chi connectivity index (χ4v) is 0.830. The minimum absolute atomic E-state index is 0.0781. The van der Waals surface area contributed by atoms with E-state index in [9.17, 15) is 17.6 Å². The summed E-state index contributed by atoms with van der Waals surface area (Å²) in [4.78, 5) is 0.954. The number of halogens is 4. The second kappa shape index (κ2) is 6.19. The SMILES string of the molecule is NCCN(CC(F)F)CC(F)F. The van der Waals surface area contributed by atoms with Gasteiger partial charge >= 0.3 is 0 Å². The maximum absolute atomic E-state index is 11.7. The average molecular weight is 188 g/mol. The molecule has 0 fully saturated rings. The van der Waals surface area contributed by atoms with Crippen molar-refractivity contribution >= 4 is 0 Å². The van der Waals surface area contributed by atoms with Crippen molar-refractivity contribution in [1.82, 2.24) is 4.90 Å². The number of hydrogen-bond donors (Lipinski definition) is 1. The van der Waals surface area contributed by atoms with Crippen LogP contribution in [0.1, 0.15) is 0 Å². The predicted molar refractivity (Wildman–Crippen MR) is 37.5 cm³/mol. The monoisotopic (exact) mass is 188 g/mol. The fraction of sp³-hybridized carbons (Fsp3) is 1.00. The molecule has 0 aliphatic carbocycles. The van der Waals surface area contributed by atoms with Crippen molar-refractivity contribution in [2.45, 2.75) is 12.9 Å². The van der Waals surface area contributed by atoms with E-state index in [4.69, 9.17) is 5.73 Å². The van der Waals surface area contributed by atoms with Crippen LogP contribution in [-0.4, -0.2) is 43.9 Å². The van der Waals surface area contributed by atoms with Crippen LogP contribution in [-0.2, 0) is 0 Å². The smallest absolute Gasteiger partial charge is 0.251 e. The molecule has 0 bridgehead atoms. The van der Waals surface area contributed by atoms with Gasteiger partial charge in [0.25, 0.3) is 12.9 Å². The molecule has 0 aromatic carbocycles. The summed E-state index contributed by atoms with van der Waals surface area (Å²) in [7, 11) is 0. The zero-order chi connectivity index (χ0) is 9.56. The Morgan fingerprint density at radius 1 is 1.00 bits per heavy atom. The second-order valence-electron chi connectivity index (χ2n) is 2.33. The molecule has 2 nitrogen and oxygen atoms in total. The number of hydrogen-bond acceptors (Lipinski definition) is 2. The molecule has 6 heteroatoms. The van der Waals surface area contributed by atoms with E-state index < -0.39 is 25.9 Å². The van der Waals surface area contributed by atoms with Gasteiger partial charge in [-0.25, -0.2) is 17.6 Å². The van der Waals surface area contributed by atoms with Gasteiger partial charge in [-0.05, 0) is 0 Å². The van der Waals surface area contributed by atoms with Crippen molar-refractivity contribution in [1.29, 1.82) is 0 Å². The molecular formula is C6H12F4N2. The van der Waals surface area contributed by atoms with E-state index in [1.807, 2.05) is 0 Å². The van der Waals surface area contributed by atoms with Crippen molar-refractivity contribution in [3.8, 4) is 0 Å². The lowest BCUT2D eigenvalue weighted by atomic mass is 10.4. The van der Waals surface area contributed by atoms with Crippen LogP contribution in [0.3, 0.4) is 0 Å². The molecule has 74 valence electrons. The number of alkyl halides is 4. The van der Waals surface area contributed by atoms with Crippen LogP contribution in [0, 0.1) is 0 Å². The van der Waals surface area contributed by atoms with Crippen LogP contribution in [0.2, 0.25) is 0 Å². The Morgan fingerprint density at radius 2 is 1.42 bits per heavy atom. The Bertz CT molecular complexity index is 99.7. The predicted octanol–water partition coefficient (Wildman–Crippen LogP) is 0.777. The van der Waals surface area contributed by atoms with Gasteiger partial charge in [-0.2, -0.15) is 0 Å². The van der Waals surface area contributed by atoms with E-state index in [1.165, 1.54) is 0 Å². The van der Waals surface area contributed by atoms with E-state index in [2.05, 4.69) is 0 Å². The molecule has 0 saturated heterocycles. The molecule has 0 saturated carbocycles. The lowest BCUT2D eigenvalue weighted by Gasteiger charge is -2.19. The van der Waals surface area contributed by atoms with Crippen molar-refractivity contribution < 1.29 is 17.6 Å². The van der Waals surface area contributed by atoms with Gasteiger partial charge in [0.2, 0.25) is 0 Å². The lowest BCUT2D eigenvalue weighted by molar-refractivity contribution is 0.0446. The summed E-state index contributed by atoms with van der Waals surface area (Å²) in [6, 6.07) is 0.